The van der Waals surface area contributed by atoms with E-state index in [1.165, 1.54) is 28.9 Å². The van der Waals surface area contributed by atoms with Gasteiger partial charge >= 0.3 is 0 Å². The van der Waals surface area contributed by atoms with Crippen LogP contribution >= 0.6 is 0 Å². The first-order valence-corrected chi connectivity index (χ1v) is 11.8. The lowest BCUT2D eigenvalue weighted by atomic mass is 9.83. The molecule has 0 radical (unpaired) electrons. The lowest BCUT2D eigenvalue weighted by Gasteiger charge is -2.49. The number of fused-ring (bicyclic) bond motifs is 3. The monoisotopic (exact) mass is 443 g/mol. The molecule has 33 heavy (non-hydrogen) atoms. The fourth-order valence-corrected chi connectivity index (χ4v) is 5.21. The highest BCUT2D eigenvalue weighted by Gasteiger charge is 2.41. The van der Waals surface area contributed by atoms with Crippen LogP contribution in [0.25, 0.3) is 0 Å². The zero-order valence-corrected chi connectivity index (χ0v) is 18.8. The number of carbonyl (C=O) groups excluding carboxylic acids is 1. The van der Waals surface area contributed by atoms with E-state index < -0.39 is 0 Å². The molecule has 0 saturated carbocycles. The van der Waals surface area contributed by atoms with Gasteiger partial charge in [-0.25, -0.2) is 4.39 Å². The van der Waals surface area contributed by atoms with Gasteiger partial charge in [0.25, 0.3) is 0 Å². The fraction of sp³-hybridized carbons (Fsp3) is 0.321. The molecule has 2 heterocycles. The van der Waals surface area contributed by atoms with E-state index in [1.807, 2.05) is 30.3 Å². The highest BCUT2D eigenvalue weighted by molar-refractivity contribution is 5.82. The zero-order chi connectivity index (χ0) is 22.6. The third-order valence-electron chi connectivity index (χ3n) is 6.92. The van der Waals surface area contributed by atoms with Crippen LogP contribution in [-0.4, -0.2) is 43.0 Å². The van der Waals surface area contributed by atoms with E-state index in [4.69, 9.17) is 0 Å². The first kappa shape index (κ1) is 21.7. The number of carbonyl (C=O) groups is 1. The first-order chi connectivity index (χ1) is 16.2. The van der Waals surface area contributed by atoms with Crippen LogP contribution in [-0.2, 0) is 24.2 Å². The normalized spacial score (nSPS) is 20.1. The van der Waals surface area contributed by atoms with Crippen molar-refractivity contribution < 1.29 is 9.18 Å². The van der Waals surface area contributed by atoms with Crippen molar-refractivity contribution in [3.05, 3.63) is 101 Å². The van der Waals surface area contributed by atoms with Crippen LogP contribution < -0.4 is 10.2 Å². The molecule has 1 saturated heterocycles. The van der Waals surface area contributed by atoms with Gasteiger partial charge in [-0.2, -0.15) is 0 Å². The predicted octanol–water partition coefficient (Wildman–Crippen LogP) is 4.05. The summed E-state index contributed by atoms with van der Waals surface area (Å²) >= 11 is 0. The van der Waals surface area contributed by atoms with Crippen molar-refractivity contribution in [1.29, 1.82) is 0 Å². The number of nitrogens with one attached hydrogen (secondary N) is 1. The number of para-hydroxylation sites is 1. The number of nitrogens with zero attached hydrogens (tertiary/aromatic N) is 2. The molecule has 5 heteroatoms. The average Bonchev–Trinajstić information content (AvgIpc) is 2.85. The zero-order valence-electron chi connectivity index (χ0n) is 18.8. The van der Waals surface area contributed by atoms with E-state index >= 15 is 0 Å². The topological polar surface area (TPSA) is 35.6 Å². The minimum Gasteiger partial charge on any atom is -0.365 e. The van der Waals surface area contributed by atoms with Crippen LogP contribution in [0, 0.1) is 11.7 Å². The molecule has 0 spiro atoms. The maximum absolute atomic E-state index is 13.4. The molecule has 0 aliphatic carbocycles. The van der Waals surface area contributed by atoms with Gasteiger partial charge in [-0.3, -0.25) is 9.69 Å². The van der Waals surface area contributed by atoms with Gasteiger partial charge < -0.3 is 10.2 Å². The quantitative estimate of drug-likeness (QED) is 0.625. The van der Waals surface area contributed by atoms with Crippen molar-refractivity contribution >= 4 is 11.6 Å². The van der Waals surface area contributed by atoms with Gasteiger partial charge in [-0.1, -0.05) is 60.7 Å². The number of hydrogen-bond acceptors (Lipinski definition) is 3. The molecule has 1 amide bonds. The summed E-state index contributed by atoms with van der Waals surface area (Å²) in [5.41, 5.74) is 4.85. The summed E-state index contributed by atoms with van der Waals surface area (Å²) < 4.78 is 13.3. The largest absolute Gasteiger partial charge is 0.365 e. The molecule has 2 aliphatic rings. The number of amides is 1. The fourth-order valence-electron chi connectivity index (χ4n) is 5.21. The van der Waals surface area contributed by atoms with E-state index in [0.717, 1.165) is 44.6 Å². The number of hydrogen-bond donors (Lipinski definition) is 1. The Kier molecular flexibility index (Phi) is 6.40. The number of benzene rings is 3. The van der Waals surface area contributed by atoms with E-state index in [9.17, 15) is 9.18 Å². The van der Waals surface area contributed by atoms with Gasteiger partial charge in [0.1, 0.15) is 5.82 Å². The van der Waals surface area contributed by atoms with Crippen LogP contribution in [0.1, 0.15) is 16.7 Å². The minimum atomic E-state index is -0.209. The van der Waals surface area contributed by atoms with Crippen molar-refractivity contribution in [2.45, 2.75) is 25.4 Å². The smallest absolute Gasteiger partial charge is 0.225 e. The summed E-state index contributed by atoms with van der Waals surface area (Å²) in [7, 11) is 0. The van der Waals surface area contributed by atoms with E-state index in [2.05, 4.69) is 51.5 Å². The Labute approximate surface area is 195 Å². The molecular weight excluding hydrogens is 413 g/mol. The van der Waals surface area contributed by atoms with Crippen molar-refractivity contribution in [2.24, 2.45) is 5.92 Å². The van der Waals surface area contributed by atoms with Gasteiger partial charge in [-0.05, 0) is 47.7 Å². The summed E-state index contributed by atoms with van der Waals surface area (Å²) in [4.78, 5) is 18.2. The Morgan fingerprint density at radius 1 is 0.909 bits per heavy atom. The van der Waals surface area contributed by atoms with Crippen molar-refractivity contribution in [3.8, 4) is 0 Å². The summed E-state index contributed by atoms with van der Waals surface area (Å²) in [6.45, 7) is 4.05. The molecule has 4 nitrogen and oxygen atoms in total. The molecule has 1 fully saturated rings. The Morgan fingerprint density at radius 3 is 2.48 bits per heavy atom. The summed E-state index contributed by atoms with van der Waals surface area (Å²) in [6.07, 6.45) is 1.60. The maximum Gasteiger partial charge on any atom is 0.225 e. The van der Waals surface area contributed by atoms with Gasteiger partial charge in [0.05, 0.1) is 12.0 Å². The molecule has 2 atom stereocenters. The SMILES string of the molecule is O=C(NCCc1ccccc1)C1Cc2ccccc2N2CCN(Cc3ccc(F)cc3)CC12. The molecule has 0 aromatic heterocycles. The highest BCUT2D eigenvalue weighted by Crippen LogP contribution is 2.36. The summed E-state index contributed by atoms with van der Waals surface area (Å²) in [5, 5.41) is 3.21. The Bertz CT molecular complexity index is 1090. The third kappa shape index (κ3) is 4.93. The van der Waals surface area contributed by atoms with Crippen molar-refractivity contribution in [3.63, 3.8) is 0 Å². The number of anilines is 1. The number of rotatable bonds is 6. The van der Waals surface area contributed by atoms with Crippen molar-refractivity contribution in [1.82, 2.24) is 10.2 Å². The molecule has 2 aliphatic heterocycles. The molecule has 2 unspecified atom stereocenters. The Morgan fingerprint density at radius 2 is 1.67 bits per heavy atom. The van der Waals surface area contributed by atoms with Gasteiger partial charge in [0.2, 0.25) is 5.91 Å². The molecular formula is C28H30FN3O. The van der Waals surface area contributed by atoms with Crippen LogP contribution in [0.5, 0.6) is 0 Å². The van der Waals surface area contributed by atoms with Crippen LogP contribution in [0.2, 0.25) is 0 Å². The van der Waals surface area contributed by atoms with Crippen LogP contribution in [0.4, 0.5) is 10.1 Å². The second-order valence-electron chi connectivity index (χ2n) is 9.09. The highest BCUT2D eigenvalue weighted by atomic mass is 19.1. The third-order valence-corrected chi connectivity index (χ3v) is 6.92. The van der Waals surface area contributed by atoms with Crippen molar-refractivity contribution in [2.75, 3.05) is 31.1 Å². The lowest BCUT2D eigenvalue weighted by molar-refractivity contribution is -0.126. The van der Waals surface area contributed by atoms with Gasteiger partial charge in [-0.15, -0.1) is 0 Å². The van der Waals surface area contributed by atoms with E-state index in [1.54, 1.807) is 0 Å². The number of piperazine rings is 1. The minimum absolute atomic E-state index is 0.0910. The molecule has 0 bridgehead atoms. The second kappa shape index (κ2) is 9.75. The first-order valence-electron chi connectivity index (χ1n) is 11.8. The van der Waals surface area contributed by atoms with Crippen LogP contribution in [0.3, 0.4) is 0 Å². The lowest BCUT2D eigenvalue weighted by Crippen LogP contribution is -2.61. The molecule has 170 valence electrons. The standard InChI is InChI=1S/C28H30FN3O/c29-24-12-10-22(11-13-24)19-31-16-17-32-26-9-5-4-8-23(26)18-25(27(32)20-31)28(33)30-15-14-21-6-2-1-3-7-21/h1-13,25,27H,14-20H2,(H,30,33). The molecule has 3 aromatic carbocycles. The number of halogens is 1. The molecule has 3 aromatic rings. The van der Waals surface area contributed by atoms with E-state index in [-0.39, 0.29) is 23.7 Å². The second-order valence-corrected chi connectivity index (χ2v) is 9.09. The summed E-state index contributed by atoms with van der Waals surface area (Å²) in [6, 6.07) is 25.6. The van der Waals surface area contributed by atoms with Gasteiger partial charge in [0.15, 0.2) is 0 Å². The van der Waals surface area contributed by atoms with Gasteiger partial charge in [0, 0.05) is 38.4 Å². The maximum atomic E-state index is 13.4. The molecule has 5 rings (SSSR count). The van der Waals surface area contributed by atoms with E-state index in [0.29, 0.717) is 6.54 Å². The average molecular weight is 444 g/mol. The molecule has 1 N–H and O–H groups in total. The Balaban J connectivity index is 1.30. The van der Waals surface area contributed by atoms with Crippen LogP contribution in [0.15, 0.2) is 78.9 Å². The Hall–Kier alpha value is -3.18. The summed E-state index contributed by atoms with van der Waals surface area (Å²) in [5.74, 6) is -0.162. The predicted molar refractivity (Wildman–Crippen MR) is 130 cm³/mol.